The lowest BCUT2D eigenvalue weighted by Gasteiger charge is -2.38. The third-order valence-corrected chi connectivity index (χ3v) is 6.38. The van der Waals surface area contributed by atoms with Gasteiger partial charge in [0.25, 0.3) is 0 Å². The molecular formula is C16H24O4S. The van der Waals surface area contributed by atoms with Crippen LogP contribution in [0.2, 0.25) is 0 Å². The van der Waals surface area contributed by atoms with Crippen molar-refractivity contribution < 1.29 is 19.0 Å². The minimum atomic E-state index is -1.01. The number of hydrogen-bond acceptors (Lipinski definition) is 5. The standard InChI is InChI=1S/C16H24O4S/c1-12(2)9-10(13(3,4)19-12)21-16(18-9)11(17)14(5,6)20-15(16,7)8/h1-8H3. The molecule has 0 aromatic carbocycles. The van der Waals surface area contributed by atoms with Gasteiger partial charge in [-0.25, -0.2) is 0 Å². The van der Waals surface area contributed by atoms with Gasteiger partial charge >= 0.3 is 0 Å². The summed E-state index contributed by atoms with van der Waals surface area (Å²) in [5.41, 5.74) is -2.52. The summed E-state index contributed by atoms with van der Waals surface area (Å²) in [6.45, 7) is 15.5. The molecule has 1 unspecified atom stereocenters. The molecule has 3 rings (SSSR count). The van der Waals surface area contributed by atoms with Crippen molar-refractivity contribution >= 4 is 17.5 Å². The molecule has 1 fully saturated rings. The van der Waals surface area contributed by atoms with Crippen LogP contribution >= 0.6 is 11.8 Å². The van der Waals surface area contributed by atoms with Crippen LogP contribution in [0, 0.1) is 0 Å². The van der Waals surface area contributed by atoms with Crippen LogP contribution in [0.15, 0.2) is 10.7 Å². The first-order valence-electron chi connectivity index (χ1n) is 7.34. The fourth-order valence-corrected chi connectivity index (χ4v) is 5.39. The van der Waals surface area contributed by atoms with Gasteiger partial charge in [-0.1, -0.05) is 11.8 Å². The summed E-state index contributed by atoms with van der Waals surface area (Å²) < 4.78 is 18.4. The quantitative estimate of drug-likeness (QED) is 0.686. The van der Waals surface area contributed by atoms with Gasteiger partial charge in [0.15, 0.2) is 0 Å². The van der Waals surface area contributed by atoms with E-state index in [2.05, 4.69) is 0 Å². The van der Waals surface area contributed by atoms with Crippen LogP contribution in [0.3, 0.4) is 0 Å². The van der Waals surface area contributed by atoms with E-state index in [4.69, 9.17) is 14.2 Å². The molecule has 1 spiro atoms. The summed E-state index contributed by atoms with van der Waals surface area (Å²) >= 11 is 1.48. The molecule has 0 saturated carbocycles. The number of carbonyl (C=O) groups excluding carboxylic acids is 1. The van der Waals surface area contributed by atoms with Crippen LogP contribution < -0.4 is 0 Å². The molecule has 1 saturated heterocycles. The topological polar surface area (TPSA) is 44.8 Å². The van der Waals surface area contributed by atoms with Gasteiger partial charge in [-0.15, -0.1) is 0 Å². The van der Waals surface area contributed by atoms with E-state index in [0.29, 0.717) is 0 Å². The third kappa shape index (κ3) is 1.74. The first-order valence-corrected chi connectivity index (χ1v) is 8.15. The number of rotatable bonds is 0. The van der Waals surface area contributed by atoms with Gasteiger partial charge in [-0.05, 0) is 55.4 Å². The van der Waals surface area contributed by atoms with Crippen molar-refractivity contribution in [2.75, 3.05) is 0 Å². The predicted molar refractivity (Wildman–Crippen MR) is 81.9 cm³/mol. The van der Waals surface area contributed by atoms with E-state index in [1.54, 1.807) is 0 Å². The summed E-state index contributed by atoms with van der Waals surface area (Å²) in [6, 6.07) is 0. The first-order chi connectivity index (χ1) is 9.25. The average molecular weight is 312 g/mol. The molecule has 0 aliphatic carbocycles. The van der Waals surface area contributed by atoms with E-state index in [1.165, 1.54) is 11.8 Å². The van der Waals surface area contributed by atoms with E-state index in [0.717, 1.165) is 10.7 Å². The molecule has 0 amide bonds. The molecule has 0 N–H and O–H groups in total. The van der Waals surface area contributed by atoms with E-state index in [-0.39, 0.29) is 5.78 Å². The van der Waals surface area contributed by atoms with Crippen LogP contribution in [0.5, 0.6) is 0 Å². The zero-order valence-corrected chi connectivity index (χ0v) is 14.9. The lowest BCUT2D eigenvalue weighted by molar-refractivity contribution is -0.136. The van der Waals surface area contributed by atoms with Crippen LogP contribution in [0.25, 0.3) is 0 Å². The highest BCUT2D eigenvalue weighted by Crippen LogP contribution is 2.64. The van der Waals surface area contributed by atoms with Crippen LogP contribution in [-0.4, -0.2) is 33.1 Å². The first kappa shape index (κ1) is 15.4. The van der Waals surface area contributed by atoms with Crippen molar-refractivity contribution in [3.05, 3.63) is 10.7 Å². The average Bonchev–Trinajstić information content (AvgIpc) is 2.77. The highest BCUT2D eigenvalue weighted by atomic mass is 32.2. The molecule has 0 aromatic rings. The molecule has 5 heteroatoms. The Balaban J connectivity index is 2.09. The number of Topliss-reactive ketones (excluding diaryl/α,β-unsaturated/α-hetero) is 1. The Bertz CT molecular complexity index is 543. The lowest BCUT2D eigenvalue weighted by atomic mass is 9.94. The normalized spacial score (nSPS) is 38.0. The predicted octanol–water partition coefficient (Wildman–Crippen LogP) is 3.40. The third-order valence-electron chi connectivity index (χ3n) is 4.45. The molecule has 21 heavy (non-hydrogen) atoms. The van der Waals surface area contributed by atoms with Crippen molar-refractivity contribution in [2.24, 2.45) is 0 Å². The Morgan fingerprint density at radius 3 is 1.81 bits per heavy atom. The van der Waals surface area contributed by atoms with Crippen LogP contribution in [0.1, 0.15) is 55.4 Å². The highest BCUT2D eigenvalue weighted by molar-refractivity contribution is 8.05. The Kier molecular flexibility index (Phi) is 2.70. The highest BCUT2D eigenvalue weighted by Gasteiger charge is 2.72. The molecule has 3 aliphatic heterocycles. The minimum absolute atomic E-state index is 0.00833. The fourth-order valence-electron chi connectivity index (χ4n) is 3.68. The van der Waals surface area contributed by atoms with Gasteiger partial charge < -0.3 is 14.2 Å². The zero-order valence-electron chi connectivity index (χ0n) is 14.0. The monoisotopic (exact) mass is 312 g/mol. The SMILES string of the molecule is CC1(C)OC(C)(C)C2(OC3=C(S2)C(C)(C)OC3(C)C)C1=O. The lowest BCUT2D eigenvalue weighted by Crippen LogP contribution is -2.51. The molecular weight excluding hydrogens is 288 g/mol. The van der Waals surface area contributed by atoms with Gasteiger partial charge in [0.1, 0.15) is 22.6 Å². The second-order valence-electron chi connectivity index (χ2n) is 8.05. The Morgan fingerprint density at radius 2 is 1.38 bits per heavy atom. The maximum absolute atomic E-state index is 13.0. The van der Waals surface area contributed by atoms with E-state index in [9.17, 15) is 4.79 Å². The molecule has 3 aliphatic rings. The Hall–Kier alpha value is -0.520. The summed E-state index contributed by atoms with van der Waals surface area (Å²) in [4.78, 5) is 13.0. The summed E-state index contributed by atoms with van der Waals surface area (Å²) in [5, 5.41) is 0. The maximum Gasteiger partial charge on any atom is 0.247 e. The number of carbonyl (C=O) groups is 1. The van der Waals surface area contributed by atoms with Gasteiger partial charge in [-0.3, -0.25) is 4.79 Å². The smallest absolute Gasteiger partial charge is 0.247 e. The van der Waals surface area contributed by atoms with E-state index < -0.39 is 27.3 Å². The molecule has 0 radical (unpaired) electrons. The van der Waals surface area contributed by atoms with Gasteiger partial charge in [0, 0.05) is 0 Å². The van der Waals surface area contributed by atoms with Crippen molar-refractivity contribution in [1.29, 1.82) is 0 Å². The second-order valence-corrected chi connectivity index (χ2v) is 9.24. The largest absolute Gasteiger partial charge is 0.466 e. The second kappa shape index (κ2) is 3.69. The van der Waals surface area contributed by atoms with E-state index >= 15 is 0 Å². The molecule has 0 aromatic heterocycles. The van der Waals surface area contributed by atoms with Crippen molar-refractivity contribution in [1.82, 2.24) is 0 Å². The minimum Gasteiger partial charge on any atom is -0.466 e. The molecule has 0 bridgehead atoms. The van der Waals surface area contributed by atoms with Crippen LogP contribution in [0.4, 0.5) is 0 Å². The van der Waals surface area contributed by atoms with Crippen LogP contribution in [-0.2, 0) is 19.0 Å². The number of ketones is 1. The number of hydrogen-bond donors (Lipinski definition) is 0. The van der Waals surface area contributed by atoms with Gasteiger partial charge in [-0.2, -0.15) is 0 Å². The molecule has 1 atom stereocenters. The van der Waals surface area contributed by atoms with Gasteiger partial charge in [0.05, 0.1) is 10.5 Å². The zero-order chi connectivity index (χ0) is 16.1. The van der Waals surface area contributed by atoms with Crippen molar-refractivity contribution in [3.63, 3.8) is 0 Å². The Labute approximate surface area is 130 Å². The molecule has 4 nitrogen and oxygen atoms in total. The maximum atomic E-state index is 13.0. The van der Waals surface area contributed by atoms with E-state index in [1.807, 2.05) is 55.4 Å². The van der Waals surface area contributed by atoms with Crippen molar-refractivity contribution in [2.45, 2.75) is 82.7 Å². The van der Waals surface area contributed by atoms with Gasteiger partial charge in [0.2, 0.25) is 10.7 Å². The Morgan fingerprint density at radius 1 is 0.810 bits per heavy atom. The molecule has 3 heterocycles. The summed E-state index contributed by atoms with van der Waals surface area (Å²) in [5.74, 6) is 0.770. The number of thioether (sulfide) groups is 1. The molecule has 118 valence electrons. The summed E-state index contributed by atoms with van der Waals surface area (Å²) in [6.07, 6.45) is 0. The fraction of sp³-hybridized carbons (Fsp3) is 0.812. The number of ether oxygens (including phenoxy) is 3. The summed E-state index contributed by atoms with van der Waals surface area (Å²) in [7, 11) is 0. The van der Waals surface area contributed by atoms with Crippen molar-refractivity contribution in [3.8, 4) is 0 Å².